The summed E-state index contributed by atoms with van der Waals surface area (Å²) in [5, 5.41) is 35.4. The highest BCUT2D eigenvalue weighted by Gasteiger charge is 2.27. The number of hydrogen-bond donors (Lipinski definition) is 4. The monoisotopic (exact) mass is 724 g/mol. The van der Waals surface area contributed by atoms with E-state index in [1.165, 1.54) is 66.7 Å². The van der Waals surface area contributed by atoms with Crippen LogP contribution in [-0.4, -0.2) is 40.9 Å². The smallest absolute Gasteiger partial charge is 0.340 e. The molecule has 0 atom stereocenters. The lowest BCUT2D eigenvalue weighted by Gasteiger charge is -2.13. The van der Waals surface area contributed by atoms with Gasteiger partial charge in [0.2, 0.25) is 0 Å². The number of nitrogens with two attached hydrogens (primary N) is 2. The van der Waals surface area contributed by atoms with Gasteiger partial charge in [0.25, 0.3) is 10.1 Å². The molecule has 4 rings (SSSR count). The fourth-order valence-corrected chi connectivity index (χ4v) is 5.98. The maximum absolute atomic E-state index is 12.6. The molecule has 0 aromatic heterocycles. The van der Waals surface area contributed by atoms with Crippen LogP contribution in [0.4, 0.5) is 45.5 Å². The Balaban J connectivity index is 1.93. The fourth-order valence-electron chi connectivity index (χ4n) is 3.94. The first kappa shape index (κ1) is 35.9. The van der Waals surface area contributed by atoms with Crippen molar-refractivity contribution >= 4 is 81.3 Å². The summed E-state index contributed by atoms with van der Waals surface area (Å²) in [6.07, 6.45) is 0. The number of hydrogen-bond acceptors (Lipinski definition) is 15. The first-order valence-corrected chi connectivity index (χ1v) is 17.8. The van der Waals surface area contributed by atoms with Gasteiger partial charge in [0.1, 0.15) is 33.2 Å². The van der Waals surface area contributed by atoms with Crippen LogP contribution in [-0.2, 0) is 29.8 Å². The largest absolute Gasteiger partial charge is 0.478 e. The molecule has 0 radical (unpaired) electrons. The molecule has 49 heavy (non-hydrogen) atoms. The first-order chi connectivity index (χ1) is 23.0. The Bertz CT molecular complexity index is 2410. The minimum absolute atomic E-state index is 0.0681. The molecular formula is C29H24N8O9S3. The summed E-state index contributed by atoms with van der Waals surface area (Å²) in [5.41, 5.74) is 9.18. The highest BCUT2D eigenvalue weighted by Crippen LogP contribution is 2.49. The molecule has 0 aliphatic carbocycles. The number of sulfone groups is 2. The SMILES string of the molecule is C=CS(=O)(=O)c1ccc(N=Nc2c(N)c(N=Nc3ccc(S(=O)(=O)C=C)cc3)c(C(=O)O)c(N=Nc3ccccc3S(=O)(=O)O)c2N)cc1. The zero-order chi connectivity index (χ0) is 36.1. The Hall–Kier alpha value is -5.96. The predicted octanol–water partition coefficient (Wildman–Crippen LogP) is 6.88. The lowest BCUT2D eigenvalue weighted by atomic mass is 10.1. The summed E-state index contributed by atoms with van der Waals surface area (Å²) in [6, 6.07) is 15.0. The zero-order valence-electron chi connectivity index (χ0n) is 24.8. The summed E-state index contributed by atoms with van der Waals surface area (Å²) in [4.78, 5) is 11.8. The molecule has 0 amide bonds. The molecule has 0 fully saturated rings. The van der Waals surface area contributed by atoms with Crippen LogP contribution in [0.25, 0.3) is 0 Å². The topological polar surface area (TPSA) is 286 Å². The van der Waals surface area contributed by atoms with Crippen LogP contribution in [0.15, 0.2) is 142 Å². The van der Waals surface area contributed by atoms with Crippen LogP contribution in [0.1, 0.15) is 10.4 Å². The van der Waals surface area contributed by atoms with E-state index in [1.807, 2.05) is 0 Å². The number of carbonyl (C=O) groups is 1. The molecule has 0 aliphatic heterocycles. The van der Waals surface area contributed by atoms with Crippen molar-refractivity contribution in [3.05, 3.63) is 102 Å². The number of rotatable bonds is 12. The number of aromatic carboxylic acids is 1. The van der Waals surface area contributed by atoms with Crippen molar-refractivity contribution in [3.63, 3.8) is 0 Å². The van der Waals surface area contributed by atoms with Crippen LogP contribution in [0.3, 0.4) is 0 Å². The summed E-state index contributed by atoms with van der Waals surface area (Å²) < 4.78 is 81.6. The second-order valence-electron chi connectivity index (χ2n) is 9.51. The minimum Gasteiger partial charge on any atom is -0.478 e. The van der Waals surface area contributed by atoms with Gasteiger partial charge in [-0.2, -0.15) is 18.6 Å². The predicted molar refractivity (Wildman–Crippen MR) is 179 cm³/mol. The number of nitrogens with zero attached hydrogens (tertiary/aromatic N) is 6. The van der Waals surface area contributed by atoms with Crippen molar-refractivity contribution in [2.75, 3.05) is 11.5 Å². The zero-order valence-corrected chi connectivity index (χ0v) is 27.3. The maximum atomic E-state index is 12.6. The average molecular weight is 725 g/mol. The number of nitrogen functional groups attached to an aromatic ring is 2. The van der Waals surface area contributed by atoms with Gasteiger partial charge in [0.05, 0.1) is 32.5 Å². The van der Waals surface area contributed by atoms with Crippen LogP contribution >= 0.6 is 0 Å². The normalized spacial score (nSPS) is 12.5. The number of azo groups is 3. The van der Waals surface area contributed by atoms with E-state index in [0.29, 0.717) is 0 Å². The molecule has 4 aromatic rings. The van der Waals surface area contributed by atoms with E-state index < -0.39 is 69.0 Å². The molecule has 20 heteroatoms. The van der Waals surface area contributed by atoms with Crippen LogP contribution in [0.2, 0.25) is 0 Å². The van der Waals surface area contributed by atoms with E-state index in [0.717, 1.165) is 16.9 Å². The van der Waals surface area contributed by atoms with Crippen LogP contribution in [0.5, 0.6) is 0 Å². The molecule has 0 heterocycles. The second kappa shape index (κ2) is 14.0. The molecule has 4 aromatic carbocycles. The number of anilines is 2. The van der Waals surface area contributed by atoms with Crippen LogP contribution in [0, 0.1) is 0 Å². The number of benzene rings is 4. The molecule has 0 saturated heterocycles. The Morgan fingerprint density at radius 2 is 1.02 bits per heavy atom. The van der Waals surface area contributed by atoms with Gasteiger partial charge in [0, 0.05) is 10.8 Å². The maximum Gasteiger partial charge on any atom is 0.340 e. The quantitative estimate of drug-likeness (QED) is 0.0663. The number of carboxylic acids is 1. The summed E-state index contributed by atoms with van der Waals surface area (Å²) in [5.74, 6) is -1.67. The molecule has 0 unspecified atom stereocenters. The van der Waals surface area contributed by atoms with Gasteiger partial charge in [-0.05, 0) is 60.7 Å². The van der Waals surface area contributed by atoms with E-state index in [2.05, 4.69) is 43.8 Å². The average Bonchev–Trinajstić information content (AvgIpc) is 3.07. The molecule has 6 N–H and O–H groups in total. The third kappa shape index (κ3) is 7.96. The third-order valence-electron chi connectivity index (χ3n) is 6.41. The molecule has 0 aliphatic rings. The molecule has 0 saturated carbocycles. The van der Waals surface area contributed by atoms with Gasteiger partial charge >= 0.3 is 5.97 Å². The van der Waals surface area contributed by atoms with Gasteiger partial charge in [-0.15, -0.1) is 20.5 Å². The molecular weight excluding hydrogens is 701 g/mol. The summed E-state index contributed by atoms with van der Waals surface area (Å²) in [6.45, 7) is 6.52. The lowest BCUT2D eigenvalue weighted by Crippen LogP contribution is -2.04. The standard InChI is InChI=1S/C29H24N8O9S3/c1-3-47(40,41)19-13-9-17(10-14-19)32-35-26-23(29(38)39)27(36-34-21-7-5-6-8-22(21)49(44,45)46)25(31)28(24(26)30)37-33-18-11-15-20(16-12-18)48(42,43)4-2/h3-16H,1-2,30-31H2,(H,38,39)(H,44,45,46). The highest BCUT2D eigenvalue weighted by atomic mass is 32.2. The molecule has 0 spiro atoms. The molecule has 17 nitrogen and oxygen atoms in total. The lowest BCUT2D eigenvalue weighted by molar-refractivity contribution is 0.0698. The van der Waals surface area contributed by atoms with E-state index in [-0.39, 0.29) is 32.5 Å². The summed E-state index contributed by atoms with van der Waals surface area (Å²) >= 11 is 0. The van der Waals surface area contributed by atoms with Crippen molar-refractivity contribution in [2.45, 2.75) is 14.7 Å². The Morgan fingerprint density at radius 3 is 1.43 bits per heavy atom. The van der Waals surface area contributed by atoms with Gasteiger partial charge < -0.3 is 16.6 Å². The van der Waals surface area contributed by atoms with E-state index in [9.17, 15) is 39.7 Å². The van der Waals surface area contributed by atoms with Crippen molar-refractivity contribution in [2.24, 2.45) is 30.7 Å². The van der Waals surface area contributed by atoms with Gasteiger partial charge in [-0.25, -0.2) is 21.6 Å². The molecule has 0 bridgehead atoms. The van der Waals surface area contributed by atoms with E-state index in [1.54, 1.807) is 0 Å². The van der Waals surface area contributed by atoms with Crippen molar-refractivity contribution in [1.29, 1.82) is 0 Å². The van der Waals surface area contributed by atoms with Crippen molar-refractivity contribution in [1.82, 2.24) is 0 Å². The molecule has 252 valence electrons. The Morgan fingerprint density at radius 1 is 0.612 bits per heavy atom. The Labute approximate surface area is 279 Å². The first-order valence-electron chi connectivity index (χ1n) is 13.2. The van der Waals surface area contributed by atoms with Crippen molar-refractivity contribution < 1.29 is 39.7 Å². The summed E-state index contributed by atoms with van der Waals surface area (Å²) in [7, 11) is -12.3. The minimum atomic E-state index is -4.78. The highest BCUT2D eigenvalue weighted by molar-refractivity contribution is 7.94. The number of carboxylic acid groups (broad SMARTS) is 1. The van der Waals surface area contributed by atoms with Crippen molar-refractivity contribution in [3.8, 4) is 0 Å². The van der Waals surface area contributed by atoms with E-state index in [4.69, 9.17) is 11.5 Å². The fraction of sp³-hybridized carbons (Fsp3) is 0. The third-order valence-corrected chi connectivity index (χ3v) is 10.0. The van der Waals surface area contributed by atoms with Gasteiger partial charge in [0.15, 0.2) is 19.7 Å². The van der Waals surface area contributed by atoms with Crippen LogP contribution < -0.4 is 11.5 Å². The Kier molecular flexibility index (Phi) is 10.3. The second-order valence-corrected chi connectivity index (χ2v) is 14.7. The van der Waals surface area contributed by atoms with Gasteiger partial charge in [-0.3, -0.25) is 4.55 Å². The van der Waals surface area contributed by atoms with E-state index >= 15 is 0 Å². The van der Waals surface area contributed by atoms with Gasteiger partial charge in [-0.1, -0.05) is 25.3 Å².